The average molecular weight is 268 g/mol. The van der Waals surface area contributed by atoms with Gasteiger partial charge in [0.05, 0.1) is 18.8 Å². The van der Waals surface area contributed by atoms with Gasteiger partial charge in [-0.25, -0.2) is 5.48 Å². The van der Waals surface area contributed by atoms with Gasteiger partial charge in [-0.1, -0.05) is 12.1 Å². The summed E-state index contributed by atoms with van der Waals surface area (Å²) in [4.78, 5) is 27.3. The largest absolute Gasteiger partial charge is 0.483 e. The molecule has 19 heavy (non-hydrogen) atoms. The summed E-state index contributed by atoms with van der Waals surface area (Å²) < 4.78 is 9.93. The van der Waals surface area contributed by atoms with Crippen molar-refractivity contribution in [3.05, 3.63) is 29.8 Å². The molecular weight excluding hydrogens is 252 g/mol. The van der Waals surface area contributed by atoms with E-state index >= 15 is 0 Å². The molecule has 0 heterocycles. The first kappa shape index (κ1) is 14.9. The molecule has 0 unspecified atom stereocenters. The molecule has 1 rings (SSSR count). The molecular formula is C12H16N2O5. The van der Waals surface area contributed by atoms with Crippen LogP contribution in [0.25, 0.3) is 0 Å². The Hall–Kier alpha value is -2.12. The molecule has 0 fully saturated rings. The van der Waals surface area contributed by atoms with Crippen molar-refractivity contribution < 1.29 is 23.9 Å². The molecule has 0 radical (unpaired) electrons. The molecule has 0 aliphatic heterocycles. The van der Waals surface area contributed by atoms with Crippen LogP contribution in [0.1, 0.15) is 10.4 Å². The fourth-order valence-corrected chi connectivity index (χ4v) is 1.23. The summed E-state index contributed by atoms with van der Waals surface area (Å²) in [7, 11) is 1.52. The first-order valence-electron chi connectivity index (χ1n) is 5.56. The lowest BCUT2D eigenvalue weighted by atomic mass is 10.2. The minimum absolute atomic E-state index is 0.218. The van der Waals surface area contributed by atoms with Crippen LogP contribution in [0.3, 0.4) is 0 Å². The molecule has 104 valence electrons. The van der Waals surface area contributed by atoms with Gasteiger partial charge in [0.2, 0.25) is 0 Å². The zero-order valence-electron chi connectivity index (χ0n) is 10.5. The number of nitrogens with one attached hydrogen (secondary N) is 1. The normalized spacial score (nSPS) is 9.95. The summed E-state index contributed by atoms with van der Waals surface area (Å²) in [5, 5.41) is 0. The highest BCUT2D eigenvalue weighted by Crippen LogP contribution is 2.16. The van der Waals surface area contributed by atoms with Crippen molar-refractivity contribution in [1.29, 1.82) is 0 Å². The number of amides is 2. The molecule has 0 aliphatic rings. The number of methoxy groups -OCH3 is 1. The van der Waals surface area contributed by atoms with Crippen LogP contribution < -0.4 is 16.0 Å². The van der Waals surface area contributed by atoms with Gasteiger partial charge in [0.1, 0.15) is 5.75 Å². The van der Waals surface area contributed by atoms with Crippen molar-refractivity contribution in [2.45, 2.75) is 0 Å². The Labute approximate surface area is 110 Å². The fraction of sp³-hybridized carbons (Fsp3) is 0.333. The maximum Gasteiger partial charge on any atom is 0.281 e. The van der Waals surface area contributed by atoms with Gasteiger partial charge in [0.15, 0.2) is 6.61 Å². The smallest absolute Gasteiger partial charge is 0.281 e. The molecule has 7 nitrogen and oxygen atoms in total. The van der Waals surface area contributed by atoms with Crippen LogP contribution in [-0.2, 0) is 14.4 Å². The number of carbonyl (C=O) groups excluding carboxylic acids is 2. The van der Waals surface area contributed by atoms with Gasteiger partial charge in [-0.2, -0.15) is 0 Å². The number of rotatable bonds is 8. The Bertz CT molecular complexity index is 436. The number of carbonyl (C=O) groups is 2. The number of hydrogen-bond donors (Lipinski definition) is 2. The topological polar surface area (TPSA) is 99.9 Å². The molecule has 0 bridgehead atoms. The van der Waals surface area contributed by atoms with Crippen LogP contribution in [-0.4, -0.2) is 38.7 Å². The standard InChI is InChI=1S/C12H16N2O5/c1-17-6-7-19-14-11(15)8-18-10-5-3-2-4-9(10)12(13)16/h2-5H,6-8H2,1H3,(H2,13,16)(H,14,15). The molecule has 1 aromatic carbocycles. The summed E-state index contributed by atoms with van der Waals surface area (Å²) in [6, 6.07) is 6.40. The van der Waals surface area contributed by atoms with Gasteiger partial charge in [0, 0.05) is 7.11 Å². The lowest BCUT2D eigenvalue weighted by Crippen LogP contribution is -2.30. The highest BCUT2D eigenvalue weighted by atomic mass is 16.7. The summed E-state index contributed by atoms with van der Waals surface area (Å²) in [6.45, 7) is 0.322. The summed E-state index contributed by atoms with van der Waals surface area (Å²) >= 11 is 0. The molecule has 2 amide bonds. The van der Waals surface area contributed by atoms with E-state index in [1.807, 2.05) is 0 Å². The summed E-state index contributed by atoms with van der Waals surface area (Å²) in [5.74, 6) is -0.843. The van der Waals surface area contributed by atoms with E-state index in [9.17, 15) is 9.59 Å². The van der Waals surface area contributed by atoms with Crippen molar-refractivity contribution in [2.24, 2.45) is 5.73 Å². The monoisotopic (exact) mass is 268 g/mol. The van der Waals surface area contributed by atoms with Crippen LogP contribution in [0.2, 0.25) is 0 Å². The van der Waals surface area contributed by atoms with Gasteiger partial charge in [-0.05, 0) is 12.1 Å². The second-order valence-corrected chi connectivity index (χ2v) is 3.52. The number of benzene rings is 1. The van der Waals surface area contributed by atoms with E-state index in [0.717, 1.165) is 0 Å². The zero-order valence-corrected chi connectivity index (χ0v) is 10.5. The van der Waals surface area contributed by atoms with E-state index in [-0.39, 0.29) is 24.5 Å². The number of primary amides is 1. The highest BCUT2D eigenvalue weighted by Gasteiger charge is 2.10. The number of para-hydroxylation sites is 1. The fourth-order valence-electron chi connectivity index (χ4n) is 1.23. The molecule has 1 aromatic rings. The van der Waals surface area contributed by atoms with E-state index in [0.29, 0.717) is 6.61 Å². The average Bonchev–Trinajstić information content (AvgIpc) is 2.41. The van der Waals surface area contributed by atoms with Crippen LogP contribution in [0.4, 0.5) is 0 Å². The summed E-state index contributed by atoms with van der Waals surface area (Å²) in [5.41, 5.74) is 7.57. The summed E-state index contributed by atoms with van der Waals surface area (Å²) in [6.07, 6.45) is 0. The van der Waals surface area contributed by atoms with Crippen molar-refractivity contribution in [3.63, 3.8) is 0 Å². The maximum absolute atomic E-state index is 11.3. The Kier molecular flexibility index (Phi) is 6.34. The van der Waals surface area contributed by atoms with Crippen LogP contribution in [0, 0.1) is 0 Å². The minimum atomic E-state index is -0.618. The second-order valence-electron chi connectivity index (χ2n) is 3.52. The zero-order chi connectivity index (χ0) is 14.1. The molecule has 0 saturated carbocycles. The van der Waals surface area contributed by atoms with Crippen LogP contribution in [0.5, 0.6) is 5.75 Å². The second kappa shape index (κ2) is 8.06. The lowest BCUT2D eigenvalue weighted by molar-refractivity contribution is -0.136. The predicted octanol–water partition coefficient (Wildman–Crippen LogP) is -0.141. The third-order valence-electron chi connectivity index (χ3n) is 2.09. The number of nitrogens with two attached hydrogens (primary N) is 1. The van der Waals surface area contributed by atoms with E-state index in [1.54, 1.807) is 18.2 Å². The molecule has 0 aromatic heterocycles. The van der Waals surface area contributed by atoms with Crippen molar-refractivity contribution in [3.8, 4) is 5.75 Å². The van der Waals surface area contributed by atoms with Crippen LogP contribution >= 0.6 is 0 Å². The molecule has 0 saturated heterocycles. The minimum Gasteiger partial charge on any atom is -0.483 e. The van der Waals surface area contributed by atoms with Gasteiger partial charge < -0.3 is 15.2 Å². The molecule has 0 spiro atoms. The maximum atomic E-state index is 11.3. The SMILES string of the molecule is COCCONC(=O)COc1ccccc1C(N)=O. The Balaban J connectivity index is 2.40. The number of hydrogen-bond acceptors (Lipinski definition) is 5. The quantitative estimate of drug-likeness (QED) is 0.505. The van der Waals surface area contributed by atoms with E-state index in [2.05, 4.69) is 5.48 Å². The molecule has 0 atom stereocenters. The Morgan fingerprint density at radius 3 is 2.68 bits per heavy atom. The molecule has 7 heteroatoms. The van der Waals surface area contributed by atoms with E-state index < -0.39 is 11.8 Å². The predicted molar refractivity (Wildman–Crippen MR) is 66.4 cm³/mol. The van der Waals surface area contributed by atoms with Crippen molar-refractivity contribution in [1.82, 2.24) is 5.48 Å². The Morgan fingerprint density at radius 2 is 2.00 bits per heavy atom. The highest BCUT2D eigenvalue weighted by molar-refractivity contribution is 5.95. The lowest BCUT2D eigenvalue weighted by Gasteiger charge is -2.09. The first-order valence-corrected chi connectivity index (χ1v) is 5.56. The van der Waals surface area contributed by atoms with E-state index in [4.69, 9.17) is 20.0 Å². The van der Waals surface area contributed by atoms with Gasteiger partial charge in [0.25, 0.3) is 11.8 Å². The van der Waals surface area contributed by atoms with Gasteiger partial charge in [-0.3, -0.25) is 14.4 Å². The van der Waals surface area contributed by atoms with E-state index in [1.165, 1.54) is 13.2 Å². The third kappa shape index (κ3) is 5.36. The first-order chi connectivity index (χ1) is 9.15. The number of ether oxygens (including phenoxy) is 2. The van der Waals surface area contributed by atoms with Crippen LogP contribution in [0.15, 0.2) is 24.3 Å². The molecule has 0 aliphatic carbocycles. The Morgan fingerprint density at radius 1 is 1.26 bits per heavy atom. The molecule has 3 N–H and O–H groups in total. The number of hydroxylamine groups is 1. The van der Waals surface area contributed by atoms with Gasteiger partial charge in [-0.15, -0.1) is 0 Å². The third-order valence-corrected chi connectivity index (χ3v) is 2.09. The van der Waals surface area contributed by atoms with Gasteiger partial charge >= 0.3 is 0 Å². The van der Waals surface area contributed by atoms with Crippen molar-refractivity contribution in [2.75, 3.05) is 26.9 Å². The van der Waals surface area contributed by atoms with Crippen molar-refractivity contribution >= 4 is 11.8 Å².